The molecule has 7 heteroatoms. The zero-order valence-electron chi connectivity index (χ0n) is 11.3. The first kappa shape index (κ1) is 14.7. The number of amides is 3. The van der Waals surface area contributed by atoms with Gasteiger partial charge in [-0.1, -0.05) is 11.8 Å². The van der Waals surface area contributed by atoms with Crippen LogP contribution in [0.3, 0.4) is 0 Å². The highest BCUT2D eigenvalue weighted by Crippen LogP contribution is 2.12. The first-order valence-corrected chi connectivity index (χ1v) is 6.19. The summed E-state index contributed by atoms with van der Waals surface area (Å²) in [4.78, 5) is 40.2. The molecular weight excluding hydrogens is 274 g/mol. The molecule has 1 atom stereocenters. The number of imide groups is 1. The molecule has 0 spiro atoms. The molecule has 1 aliphatic heterocycles. The van der Waals surface area contributed by atoms with Gasteiger partial charge in [-0.3, -0.25) is 24.3 Å². The maximum Gasteiger partial charge on any atom is 0.253 e. The molecule has 2 rings (SSSR count). The van der Waals surface area contributed by atoms with E-state index in [-0.39, 0.29) is 24.5 Å². The Balaban J connectivity index is 2.18. The van der Waals surface area contributed by atoms with E-state index in [0.29, 0.717) is 5.56 Å². The number of likely N-dealkylation sites (N-methyl/N-ethyl adjacent to an activating group) is 1. The number of aromatic nitrogens is 1. The number of rotatable bonds is 2. The first-order valence-electron chi connectivity index (χ1n) is 6.19. The van der Waals surface area contributed by atoms with Crippen molar-refractivity contribution in [3.05, 3.63) is 29.6 Å². The van der Waals surface area contributed by atoms with Gasteiger partial charge in [-0.15, -0.1) is 0 Å². The van der Waals surface area contributed by atoms with Gasteiger partial charge in [0.05, 0.1) is 17.5 Å². The van der Waals surface area contributed by atoms with Crippen molar-refractivity contribution in [3.8, 4) is 11.8 Å². The minimum Gasteiger partial charge on any atom is -0.384 e. The highest BCUT2D eigenvalue weighted by Gasteiger charge is 2.37. The lowest BCUT2D eigenvalue weighted by Crippen LogP contribution is -2.40. The summed E-state index contributed by atoms with van der Waals surface area (Å²) in [5.41, 5.74) is 0.579. The summed E-state index contributed by atoms with van der Waals surface area (Å²) in [7, 11) is 1.38. The maximum absolute atomic E-state index is 12.2. The summed E-state index contributed by atoms with van der Waals surface area (Å²) in [6.45, 7) is -0.337. The van der Waals surface area contributed by atoms with Crippen molar-refractivity contribution in [2.24, 2.45) is 0 Å². The lowest BCUT2D eigenvalue weighted by molar-refractivity contribution is -0.137. The number of carbonyl (C=O) groups is 3. The summed E-state index contributed by atoms with van der Waals surface area (Å²) >= 11 is 0. The van der Waals surface area contributed by atoms with Gasteiger partial charge in [-0.25, -0.2) is 0 Å². The monoisotopic (exact) mass is 287 g/mol. The number of aliphatic hydroxyl groups is 1. The van der Waals surface area contributed by atoms with Gasteiger partial charge >= 0.3 is 0 Å². The van der Waals surface area contributed by atoms with E-state index in [2.05, 4.69) is 22.1 Å². The minimum absolute atomic E-state index is 0.0518. The van der Waals surface area contributed by atoms with Crippen molar-refractivity contribution in [3.63, 3.8) is 0 Å². The molecule has 1 aromatic heterocycles. The Bertz CT molecular complexity index is 660. The van der Waals surface area contributed by atoms with E-state index >= 15 is 0 Å². The van der Waals surface area contributed by atoms with Gasteiger partial charge in [-0.2, -0.15) is 0 Å². The van der Waals surface area contributed by atoms with Gasteiger partial charge in [0.1, 0.15) is 12.6 Å². The zero-order chi connectivity index (χ0) is 15.4. The molecule has 1 unspecified atom stereocenters. The second-order valence-electron chi connectivity index (χ2n) is 4.40. The lowest BCUT2D eigenvalue weighted by atomic mass is 10.1. The molecule has 1 saturated heterocycles. The first-order chi connectivity index (χ1) is 10.0. The number of hydrogen-bond donors (Lipinski definition) is 2. The third-order valence-electron chi connectivity index (χ3n) is 3.05. The molecule has 0 saturated carbocycles. The van der Waals surface area contributed by atoms with Crippen molar-refractivity contribution < 1.29 is 19.5 Å². The van der Waals surface area contributed by atoms with Crippen LogP contribution >= 0.6 is 0 Å². The molecule has 0 radical (unpaired) electrons. The van der Waals surface area contributed by atoms with Gasteiger partial charge in [0.25, 0.3) is 11.8 Å². The predicted molar refractivity (Wildman–Crippen MR) is 71.8 cm³/mol. The van der Waals surface area contributed by atoms with Crippen LogP contribution in [0.1, 0.15) is 22.3 Å². The van der Waals surface area contributed by atoms with Gasteiger partial charge in [0, 0.05) is 19.4 Å². The number of hydrogen-bond acceptors (Lipinski definition) is 5. The van der Waals surface area contributed by atoms with Crippen LogP contribution < -0.4 is 5.32 Å². The number of nitrogens with one attached hydrogen (secondary N) is 1. The van der Waals surface area contributed by atoms with Crippen molar-refractivity contribution in [2.45, 2.75) is 12.5 Å². The van der Waals surface area contributed by atoms with Crippen LogP contribution in [0.2, 0.25) is 0 Å². The van der Waals surface area contributed by atoms with E-state index in [9.17, 15) is 14.4 Å². The largest absolute Gasteiger partial charge is 0.384 e. The summed E-state index contributed by atoms with van der Waals surface area (Å²) in [6, 6.07) is 0.601. The third-order valence-corrected chi connectivity index (χ3v) is 3.05. The molecule has 21 heavy (non-hydrogen) atoms. The molecule has 1 aliphatic rings. The van der Waals surface area contributed by atoms with Crippen LogP contribution in [0, 0.1) is 11.8 Å². The summed E-state index contributed by atoms with van der Waals surface area (Å²) in [5, 5.41) is 11.2. The van der Waals surface area contributed by atoms with E-state index in [1.54, 1.807) is 0 Å². The number of carbonyl (C=O) groups excluding carboxylic acids is 3. The summed E-state index contributed by atoms with van der Waals surface area (Å²) in [6.07, 6.45) is 2.77. The molecule has 1 aromatic rings. The van der Waals surface area contributed by atoms with Crippen LogP contribution in [-0.4, -0.2) is 52.4 Å². The normalized spacial score (nSPS) is 17.4. The van der Waals surface area contributed by atoms with Crippen molar-refractivity contribution in [1.29, 1.82) is 0 Å². The highest BCUT2D eigenvalue weighted by molar-refractivity contribution is 6.08. The summed E-state index contributed by atoms with van der Waals surface area (Å²) in [5.74, 6) is 3.76. The Hall–Kier alpha value is -2.72. The van der Waals surface area contributed by atoms with Crippen LogP contribution in [0.25, 0.3) is 0 Å². The van der Waals surface area contributed by atoms with E-state index in [0.717, 1.165) is 4.90 Å². The standard InChI is InChI=1S/C14H13N3O4/c1-17-12(19)7-11(14(17)21)16-13(20)10-4-5-15-8-9(10)3-2-6-18/h4-5,8,11,18H,6-7H2,1H3,(H,16,20). The van der Waals surface area contributed by atoms with Crippen molar-refractivity contribution >= 4 is 17.7 Å². The van der Waals surface area contributed by atoms with Gasteiger partial charge in [0.2, 0.25) is 5.91 Å². The molecule has 0 aliphatic carbocycles. The number of aliphatic hydroxyl groups excluding tert-OH is 1. The fraction of sp³-hybridized carbons (Fsp3) is 0.286. The SMILES string of the molecule is CN1C(=O)CC(NC(=O)c2ccncc2C#CCO)C1=O. The van der Waals surface area contributed by atoms with Gasteiger partial charge < -0.3 is 10.4 Å². The number of pyridine rings is 1. The van der Waals surface area contributed by atoms with Crippen molar-refractivity contribution in [1.82, 2.24) is 15.2 Å². The van der Waals surface area contributed by atoms with Crippen LogP contribution in [0.5, 0.6) is 0 Å². The Labute approximate surface area is 121 Å². The van der Waals surface area contributed by atoms with E-state index in [1.165, 1.54) is 25.5 Å². The molecule has 2 N–H and O–H groups in total. The number of likely N-dealkylation sites (tertiary alicyclic amines) is 1. The second kappa shape index (κ2) is 6.15. The highest BCUT2D eigenvalue weighted by atomic mass is 16.2. The van der Waals surface area contributed by atoms with E-state index in [4.69, 9.17) is 5.11 Å². The van der Waals surface area contributed by atoms with Crippen molar-refractivity contribution in [2.75, 3.05) is 13.7 Å². The molecule has 0 bridgehead atoms. The molecule has 1 fully saturated rings. The lowest BCUT2D eigenvalue weighted by Gasteiger charge is -2.11. The third kappa shape index (κ3) is 3.07. The van der Waals surface area contributed by atoms with Gasteiger partial charge in [-0.05, 0) is 6.07 Å². The summed E-state index contributed by atoms with van der Waals surface area (Å²) < 4.78 is 0. The molecule has 7 nitrogen and oxygen atoms in total. The Morgan fingerprint density at radius 1 is 1.57 bits per heavy atom. The zero-order valence-corrected chi connectivity index (χ0v) is 11.3. The van der Waals surface area contributed by atoms with E-state index < -0.39 is 17.9 Å². The van der Waals surface area contributed by atoms with Crippen LogP contribution in [0.4, 0.5) is 0 Å². The molecule has 0 aromatic carbocycles. The quantitative estimate of drug-likeness (QED) is 0.532. The average molecular weight is 287 g/mol. The topological polar surface area (TPSA) is 99.6 Å². The van der Waals surface area contributed by atoms with Crippen LogP contribution in [0.15, 0.2) is 18.5 Å². The smallest absolute Gasteiger partial charge is 0.253 e. The second-order valence-corrected chi connectivity index (χ2v) is 4.40. The number of nitrogens with zero attached hydrogens (tertiary/aromatic N) is 2. The predicted octanol–water partition coefficient (Wildman–Crippen LogP) is -1.09. The fourth-order valence-corrected chi connectivity index (χ4v) is 1.93. The molecular formula is C14H13N3O4. The average Bonchev–Trinajstić information content (AvgIpc) is 2.72. The Morgan fingerprint density at radius 2 is 2.33 bits per heavy atom. The maximum atomic E-state index is 12.2. The minimum atomic E-state index is -0.859. The fourth-order valence-electron chi connectivity index (χ4n) is 1.93. The Morgan fingerprint density at radius 3 is 2.95 bits per heavy atom. The Kier molecular flexibility index (Phi) is 4.30. The van der Waals surface area contributed by atoms with Crippen LogP contribution in [-0.2, 0) is 9.59 Å². The van der Waals surface area contributed by atoms with E-state index in [1.807, 2.05) is 0 Å². The molecule has 3 amide bonds. The van der Waals surface area contributed by atoms with Gasteiger partial charge in [0.15, 0.2) is 0 Å². The molecule has 108 valence electrons. The molecule has 2 heterocycles.